The van der Waals surface area contributed by atoms with E-state index >= 15 is 0 Å². The Morgan fingerprint density at radius 1 is 1.36 bits per heavy atom. The minimum Gasteiger partial charge on any atom is -0.455 e. The number of hydrogen-bond acceptors (Lipinski definition) is 6. The number of carbonyl (C=O) groups is 1. The maximum absolute atomic E-state index is 11.9. The summed E-state index contributed by atoms with van der Waals surface area (Å²) in [5, 5.41) is 3.37. The van der Waals surface area contributed by atoms with Crippen molar-refractivity contribution in [2.45, 2.75) is 58.7 Å². The summed E-state index contributed by atoms with van der Waals surface area (Å²) in [6, 6.07) is 0.941. The Hall–Kier alpha value is -1.69. The monoisotopic (exact) mass is 306 g/mol. The first kappa shape index (κ1) is 16.7. The maximum atomic E-state index is 11.9. The third kappa shape index (κ3) is 4.66. The Morgan fingerprint density at radius 2 is 2.09 bits per heavy atom. The standard InChI is InChI=1S/C16H26N4O2/c1-11(2)20-7-6-12(10-20)19-14-9-17-13(8-18-14)15(21)22-16(3,4)5/h8-9,11-12H,6-7,10H2,1-5H3,(H,18,19). The lowest BCUT2D eigenvalue weighted by Gasteiger charge is -2.20. The van der Waals surface area contributed by atoms with Crippen LogP contribution in [0.1, 0.15) is 51.5 Å². The van der Waals surface area contributed by atoms with Crippen molar-refractivity contribution in [2.24, 2.45) is 0 Å². The molecule has 1 fully saturated rings. The molecule has 1 aliphatic rings. The van der Waals surface area contributed by atoms with Crippen molar-refractivity contribution in [2.75, 3.05) is 18.4 Å². The lowest BCUT2D eigenvalue weighted by Crippen LogP contribution is -2.31. The fourth-order valence-electron chi connectivity index (χ4n) is 2.42. The molecule has 1 saturated heterocycles. The van der Waals surface area contributed by atoms with E-state index < -0.39 is 11.6 Å². The van der Waals surface area contributed by atoms with Gasteiger partial charge in [-0.3, -0.25) is 4.90 Å². The van der Waals surface area contributed by atoms with Crippen LogP contribution in [-0.2, 0) is 4.74 Å². The van der Waals surface area contributed by atoms with E-state index in [-0.39, 0.29) is 5.69 Å². The van der Waals surface area contributed by atoms with Crippen molar-refractivity contribution in [3.63, 3.8) is 0 Å². The molecular weight excluding hydrogens is 280 g/mol. The molecular formula is C16H26N4O2. The minimum absolute atomic E-state index is 0.232. The SMILES string of the molecule is CC(C)N1CCC(Nc2cnc(C(=O)OC(C)(C)C)cn2)C1. The van der Waals surface area contributed by atoms with Crippen LogP contribution < -0.4 is 5.32 Å². The van der Waals surface area contributed by atoms with Crippen LogP contribution in [-0.4, -0.2) is 51.6 Å². The zero-order valence-corrected chi connectivity index (χ0v) is 14.1. The highest BCUT2D eigenvalue weighted by molar-refractivity contribution is 5.87. The van der Waals surface area contributed by atoms with Crippen molar-refractivity contribution >= 4 is 11.8 Å². The zero-order chi connectivity index (χ0) is 16.3. The highest BCUT2D eigenvalue weighted by Gasteiger charge is 2.24. The van der Waals surface area contributed by atoms with E-state index in [9.17, 15) is 4.79 Å². The maximum Gasteiger partial charge on any atom is 0.359 e. The molecule has 0 amide bonds. The molecule has 0 spiro atoms. The molecule has 0 aliphatic carbocycles. The normalized spacial score (nSPS) is 19.5. The van der Waals surface area contributed by atoms with E-state index in [1.54, 1.807) is 6.20 Å². The van der Waals surface area contributed by atoms with Crippen molar-refractivity contribution in [3.8, 4) is 0 Å². The van der Waals surface area contributed by atoms with E-state index in [0.29, 0.717) is 17.9 Å². The summed E-state index contributed by atoms with van der Waals surface area (Å²) in [6.45, 7) is 12.0. The van der Waals surface area contributed by atoms with Gasteiger partial charge in [-0.2, -0.15) is 0 Å². The van der Waals surface area contributed by atoms with E-state index in [2.05, 4.69) is 34.0 Å². The van der Waals surface area contributed by atoms with Gasteiger partial charge < -0.3 is 10.1 Å². The van der Waals surface area contributed by atoms with Gasteiger partial charge in [0.1, 0.15) is 11.4 Å². The summed E-state index contributed by atoms with van der Waals surface area (Å²) < 4.78 is 5.27. The third-order valence-electron chi connectivity index (χ3n) is 3.56. The van der Waals surface area contributed by atoms with Crippen molar-refractivity contribution in [1.29, 1.82) is 0 Å². The number of anilines is 1. The van der Waals surface area contributed by atoms with Gasteiger partial charge in [-0.1, -0.05) is 0 Å². The quantitative estimate of drug-likeness (QED) is 0.861. The van der Waals surface area contributed by atoms with Crippen LogP contribution in [0, 0.1) is 0 Å². The Labute approximate surface area is 132 Å². The Morgan fingerprint density at radius 3 is 2.59 bits per heavy atom. The highest BCUT2D eigenvalue weighted by Crippen LogP contribution is 2.16. The predicted molar refractivity (Wildman–Crippen MR) is 85.9 cm³/mol. The number of hydrogen-bond donors (Lipinski definition) is 1. The largest absolute Gasteiger partial charge is 0.455 e. The first-order chi connectivity index (χ1) is 10.2. The summed E-state index contributed by atoms with van der Waals surface area (Å²) in [6.07, 6.45) is 4.15. The summed E-state index contributed by atoms with van der Waals surface area (Å²) in [5.41, 5.74) is -0.296. The Bertz CT molecular complexity index is 508. The van der Waals surface area contributed by atoms with Crippen LogP contribution in [0.2, 0.25) is 0 Å². The van der Waals surface area contributed by atoms with Gasteiger partial charge in [0.25, 0.3) is 0 Å². The first-order valence-corrected chi connectivity index (χ1v) is 7.80. The van der Waals surface area contributed by atoms with Crippen LogP contribution in [0.15, 0.2) is 12.4 Å². The summed E-state index contributed by atoms with van der Waals surface area (Å²) in [7, 11) is 0. The average molecular weight is 306 g/mol. The topological polar surface area (TPSA) is 67.4 Å². The lowest BCUT2D eigenvalue weighted by atomic mass is 10.2. The summed E-state index contributed by atoms with van der Waals surface area (Å²) in [4.78, 5) is 22.7. The highest BCUT2D eigenvalue weighted by atomic mass is 16.6. The van der Waals surface area contributed by atoms with Crippen molar-refractivity contribution in [1.82, 2.24) is 14.9 Å². The van der Waals surface area contributed by atoms with E-state index in [1.165, 1.54) is 6.20 Å². The van der Waals surface area contributed by atoms with Crippen LogP contribution in [0.4, 0.5) is 5.82 Å². The summed E-state index contributed by atoms with van der Waals surface area (Å²) in [5.74, 6) is 0.251. The predicted octanol–water partition coefficient (Wildman–Crippen LogP) is 2.33. The van der Waals surface area contributed by atoms with Gasteiger partial charge in [-0.25, -0.2) is 14.8 Å². The number of nitrogens with one attached hydrogen (secondary N) is 1. The molecule has 0 aromatic carbocycles. The first-order valence-electron chi connectivity index (χ1n) is 7.80. The Balaban J connectivity index is 1.91. The van der Waals surface area contributed by atoms with Gasteiger partial charge in [-0.15, -0.1) is 0 Å². The average Bonchev–Trinajstić information content (AvgIpc) is 2.86. The molecule has 1 aromatic rings. The summed E-state index contributed by atoms with van der Waals surface area (Å²) >= 11 is 0. The number of ether oxygens (including phenoxy) is 1. The van der Waals surface area contributed by atoms with Gasteiger partial charge >= 0.3 is 5.97 Å². The van der Waals surface area contributed by atoms with Gasteiger partial charge in [0.2, 0.25) is 0 Å². The number of esters is 1. The molecule has 2 heterocycles. The van der Waals surface area contributed by atoms with E-state index in [4.69, 9.17) is 4.74 Å². The van der Waals surface area contributed by atoms with Crippen molar-refractivity contribution in [3.05, 3.63) is 18.1 Å². The molecule has 1 aliphatic heterocycles. The second-order valence-electron chi connectivity index (χ2n) is 7.01. The third-order valence-corrected chi connectivity index (χ3v) is 3.56. The molecule has 0 bridgehead atoms. The fraction of sp³-hybridized carbons (Fsp3) is 0.688. The second-order valence-corrected chi connectivity index (χ2v) is 7.01. The fourth-order valence-corrected chi connectivity index (χ4v) is 2.42. The molecule has 0 saturated carbocycles. The molecule has 6 heteroatoms. The molecule has 6 nitrogen and oxygen atoms in total. The molecule has 0 radical (unpaired) electrons. The van der Waals surface area contributed by atoms with Crippen LogP contribution in [0.3, 0.4) is 0 Å². The van der Waals surface area contributed by atoms with Gasteiger partial charge in [0.05, 0.1) is 12.4 Å². The molecule has 1 atom stereocenters. The second kappa shape index (κ2) is 6.60. The van der Waals surface area contributed by atoms with Gasteiger partial charge in [0.15, 0.2) is 5.69 Å². The smallest absolute Gasteiger partial charge is 0.359 e. The Kier molecular flexibility index (Phi) is 5.01. The molecule has 1 N–H and O–H groups in total. The number of nitrogens with zero attached hydrogens (tertiary/aromatic N) is 3. The number of likely N-dealkylation sites (tertiary alicyclic amines) is 1. The molecule has 122 valence electrons. The van der Waals surface area contributed by atoms with Crippen LogP contribution >= 0.6 is 0 Å². The van der Waals surface area contributed by atoms with Gasteiger partial charge in [0, 0.05) is 25.2 Å². The molecule has 22 heavy (non-hydrogen) atoms. The lowest BCUT2D eigenvalue weighted by molar-refractivity contribution is 0.00624. The zero-order valence-electron chi connectivity index (χ0n) is 14.1. The number of carbonyl (C=O) groups excluding carboxylic acids is 1. The van der Waals surface area contributed by atoms with E-state index in [0.717, 1.165) is 19.5 Å². The van der Waals surface area contributed by atoms with Crippen LogP contribution in [0.5, 0.6) is 0 Å². The van der Waals surface area contributed by atoms with E-state index in [1.807, 2.05) is 20.8 Å². The van der Waals surface area contributed by atoms with Gasteiger partial charge in [-0.05, 0) is 41.0 Å². The van der Waals surface area contributed by atoms with Crippen molar-refractivity contribution < 1.29 is 9.53 Å². The minimum atomic E-state index is -0.528. The number of aromatic nitrogens is 2. The molecule has 2 rings (SSSR count). The molecule has 1 aromatic heterocycles. The molecule has 1 unspecified atom stereocenters. The van der Waals surface area contributed by atoms with Crippen LogP contribution in [0.25, 0.3) is 0 Å². The number of rotatable bonds is 4.